The summed E-state index contributed by atoms with van der Waals surface area (Å²) in [5.41, 5.74) is 0. The van der Waals surface area contributed by atoms with Crippen molar-refractivity contribution in [3.8, 4) is 0 Å². The number of carbonyl (C=O) groups excluding carboxylic acids is 1. The molecule has 4 nitrogen and oxygen atoms in total. The van der Waals surface area contributed by atoms with Crippen LogP contribution in [-0.2, 0) is 4.79 Å². The molecule has 0 aromatic heterocycles. The summed E-state index contributed by atoms with van der Waals surface area (Å²) in [5, 5.41) is 10.4. The number of hydrogen-bond donors (Lipinski definition) is 0. The van der Waals surface area contributed by atoms with Crippen LogP contribution in [0.4, 0.5) is 0 Å². The summed E-state index contributed by atoms with van der Waals surface area (Å²) in [6, 6.07) is 0. The van der Waals surface area contributed by atoms with E-state index in [1.54, 1.807) is 0 Å². The zero-order valence-corrected chi connectivity index (χ0v) is 8.15. The first-order valence-electron chi connectivity index (χ1n) is 5.31. The molecule has 2 aliphatic rings. The second-order valence-electron chi connectivity index (χ2n) is 4.57. The number of nitrogens with zero attached hydrogens (tertiary/aromatic N) is 1. The van der Waals surface area contributed by atoms with Crippen molar-refractivity contribution < 1.29 is 9.72 Å². The van der Waals surface area contributed by atoms with Crippen LogP contribution in [0.1, 0.15) is 32.1 Å². The first-order chi connectivity index (χ1) is 6.66. The normalized spacial score (nSPS) is 36.9. The molecule has 4 heteroatoms. The maximum Gasteiger partial charge on any atom is 0.207 e. The molecular formula is C10H15NO3. The summed E-state index contributed by atoms with van der Waals surface area (Å²) < 4.78 is 0. The lowest BCUT2D eigenvalue weighted by Crippen LogP contribution is -2.38. The van der Waals surface area contributed by atoms with E-state index in [1.807, 2.05) is 0 Å². The molecule has 0 aromatic rings. The first kappa shape index (κ1) is 9.62. The lowest BCUT2D eigenvalue weighted by molar-refractivity contribution is -0.490. The number of Topliss-reactive ketones (excluding diaryl/α,β-unsaturated/α-hetero) is 1. The minimum Gasteiger partial charge on any atom is -0.299 e. The summed E-state index contributed by atoms with van der Waals surface area (Å²) in [6.07, 6.45) is 4.55. The van der Waals surface area contributed by atoms with Crippen molar-refractivity contribution in [1.82, 2.24) is 0 Å². The molecule has 2 rings (SSSR count). The van der Waals surface area contributed by atoms with Crippen LogP contribution in [0.15, 0.2) is 0 Å². The van der Waals surface area contributed by atoms with E-state index < -0.39 is 0 Å². The fourth-order valence-electron chi connectivity index (χ4n) is 2.95. The molecule has 0 aliphatic heterocycles. The van der Waals surface area contributed by atoms with E-state index in [4.69, 9.17) is 0 Å². The average Bonchev–Trinajstić information content (AvgIpc) is 2.14. The maximum atomic E-state index is 11.6. The number of fused-ring (bicyclic) bond motifs is 2. The number of nitro groups is 1. The van der Waals surface area contributed by atoms with Gasteiger partial charge in [-0.1, -0.05) is 6.42 Å². The molecule has 0 N–H and O–H groups in total. The molecule has 2 aliphatic carbocycles. The van der Waals surface area contributed by atoms with E-state index in [2.05, 4.69) is 0 Å². The Morgan fingerprint density at radius 2 is 2.21 bits per heavy atom. The van der Waals surface area contributed by atoms with Gasteiger partial charge in [-0.2, -0.15) is 0 Å². The van der Waals surface area contributed by atoms with Gasteiger partial charge in [0.05, 0.1) is 0 Å². The molecule has 2 fully saturated rings. The van der Waals surface area contributed by atoms with Crippen LogP contribution < -0.4 is 0 Å². The zero-order chi connectivity index (χ0) is 10.1. The monoisotopic (exact) mass is 197 g/mol. The van der Waals surface area contributed by atoms with Gasteiger partial charge in [0.2, 0.25) is 6.54 Å². The van der Waals surface area contributed by atoms with Gasteiger partial charge in [0.1, 0.15) is 5.78 Å². The summed E-state index contributed by atoms with van der Waals surface area (Å²) in [7, 11) is 0. The topological polar surface area (TPSA) is 60.2 Å². The molecule has 0 amide bonds. The van der Waals surface area contributed by atoms with Crippen molar-refractivity contribution in [2.24, 2.45) is 17.8 Å². The van der Waals surface area contributed by atoms with Crippen LogP contribution in [0.5, 0.6) is 0 Å². The number of hydrogen-bond acceptors (Lipinski definition) is 3. The van der Waals surface area contributed by atoms with E-state index in [9.17, 15) is 14.9 Å². The lowest BCUT2D eigenvalue weighted by atomic mass is 9.66. The van der Waals surface area contributed by atoms with Gasteiger partial charge >= 0.3 is 0 Å². The van der Waals surface area contributed by atoms with E-state index in [0.717, 1.165) is 25.7 Å². The Bertz CT molecular complexity index is 264. The third-order valence-corrected chi connectivity index (χ3v) is 3.68. The second kappa shape index (κ2) is 3.67. The lowest BCUT2D eigenvalue weighted by Gasteiger charge is -2.37. The van der Waals surface area contributed by atoms with Gasteiger partial charge in [0.15, 0.2) is 0 Å². The van der Waals surface area contributed by atoms with E-state index in [-0.39, 0.29) is 29.1 Å². The third-order valence-electron chi connectivity index (χ3n) is 3.68. The SMILES string of the molecule is O=C1C[C@@H](C[N+](=O)[O-])[C@H]2CCC[C@@H]1C2. The predicted octanol–water partition coefficient (Wildman–Crippen LogP) is 1.66. The van der Waals surface area contributed by atoms with Crippen molar-refractivity contribution >= 4 is 5.78 Å². The van der Waals surface area contributed by atoms with Gasteiger partial charge in [-0.05, 0) is 25.2 Å². The molecule has 0 aromatic carbocycles. The Morgan fingerprint density at radius 3 is 2.93 bits per heavy atom. The number of carbonyl (C=O) groups is 1. The largest absolute Gasteiger partial charge is 0.299 e. The fraction of sp³-hybridized carbons (Fsp3) is 0.900. The van der Waals surface area contributed by atoms with Crippen LogP contribution in [0, 0.1) is 27.9 Å². The Morgan fingerprint density at radius 1 is 1.43 bits per heavy atom. The molecule has 3 atom stereocenters. The molecule has 0 unspecified atom stereocenters. The number of rotatable bonds is 2. The molecule has 0 saturated heterocycles. The Balaban J connectivity index is 2.04. The summed E-state index contributed by atoms with van der Waals surface area (Å²) in [5.74, 6) is 0.968. The number of ketones is 1. The predicted molar refractivity (Wildman–Crippen MR) is 50.4 cm³/mol. The molecule has 0 heterocycles. The molecule has 14 heavy (non-hydrogen) atoms. The second-order valence-corrected chi connectivity index (χ2v) is 4.57. The van der Waals surface area contributed by atoms with Crippen LogP contribution in [0.3, 0.4) is 0 Å². The van der Waals surface area contributed by atoms with Gasteiger partial charge < -0.3 is 0 Å². The Kier molecular flexibility index (Phi) is 2.52. The van der Waals surface area contributed by atoms with Gasteiger partial charge in [0.25, 0.3) is 0 Å². The molecule has 78 valence electrons. The molecule has 0 spiro atoms. The van der Waals surface area contributed by atoms with Crippen molar-refractivity contribution in [3.05, 3.63) is 10.1 Å². The quantitative estimate of drug-likeness (QED) is 0.499. The molecule has 0 radical (unpaired) electrons. The zero-order valence-electron chi connectivity index (χ0n) is 8.15. The minimum atomic E-state index is -0.271. The van der Waals surface area contributed by atoms with Crippen LogP contribution in [-0.4, -0.2) is 17.3 Å². The summed E-state index contributed by atoms with van der Waals surface area (Å²) in [6.45, 7) is -0.0108. The summed E-state index contributed by atoms with van der Waals surface area (Å²) in [4.78, 5) is 21.7. The van der Waals surface area contributed by atoms with Crippen molar-refractivity contribution in [3.63, 3.8) is 0 Å². The van der Waals surface area contributed by atoms with Gasteiger partial charge in [0, 0.05) is 23.2 Å². The highest BCUT2D eigenvalue weighted by atomic mass is 16.6. The fourth-order valence-corrected chi connectivity index (χ4v) is 2.95. The van der Waals surface area contributed by atoms with Gasteiger partial charge in [-0.3, -0.25) is 14.9 Å². The standard InChI is InChI=1S/C10H15NO3/c12-10-5-9(6-11(13)14)7-2-1-3-8(10)4-7/h7-9H,1-6H2/t7-,8+,9-/m0/s1. The average molecular weight is 197 g/mol. The molecule has 2 saturated carbocycles. The van der Waals surface area contributed by atoms with Crippen LogP contribution in [0.2, 0.25) is 0 Å². The first-order valence-corrected chi connectivity index (χ1v) is 5.31. The third kappa shape index (κ3) is 1.79. The highest BCUT2D eigenvalue weighted by molar-refractivity contribution is 5.82. The Labute approximate surface area is 82.8 Å². The van der Waals surface area contributed by atoms with E-state index in [1.165, 1.54) is 0 Å². The highest BCUT2D eigenvalue weighted by Gasteiger charge is 2.40. The molecular weight excluding hydrogens is 182 g/mol. The van der Waals surface area contributed by atoms with Gasteiger partial charge in [-0.25, -0.2) is 0 Å². The molecule has 2 bridgehead atoms. The van der Waals surface area contributed by atoms with Crippen LogP contribution >= 0.6 is 0 Å². The smallest absolute Gasteiger partial charge is 0.207 e. The van der Waals surface area contributed by atoms with Crippen LogP contribution in [0.25, 0.3) is 0 Å². The van der Waals surface area contributed by atoms with Crippen molar-refractivity contribution in [2.45, 2.75) is 32.1 Å². The summed E-state index contributed by atoms with van der Waals surface area (Å²) >= 11 is 0. The Hall–Kier alpha value is -0.930. The van der Waals surface area contributed by atoms with Crippen molar-refractivity contribution in [1.29, 1.82) is 0 Å². The maximum absolute atomic E-state index is 11.6. The van der Waals surface area contributed by atoms with E-state index >= 15 is 0 Å². The highest BCUT2D eigenvalue weighted by Crippen LogP contribution is 2.41. The van der Waals surface area contributed by atoms with Gasteiger partial charge in [-0.15, -0.1) is 0 Å². The van der Waals surface area contributed by atoms with E-state index in [0.29, 0.717) is 12.3 Å². The minimum absolute atomic E-state index is 0.0108. The van der Waals surface area contributed by atoms with Crippen molar-refractivity contribution in [2.75, 3.05) is 6.54 Å².